The van der Waals surface area contributed by atoms with E-state index in [-0.39, 0.29) is 12.1 Å². The lowest BCUT2D eigenvalue weighted by Crippen LogP contribution is -2.17. The van der Waals surface area contributed by atoms with E-state index >= 15 is 0 Å². The number of tetrazole rings is 1. The van der Waals surface area contributed by atoms with Crippen molar-refractivity contribution in [2.45, 2.75) is 6.54 Å². The molecule has 0 aliphatic rings. The molecule has 0 spiro atoms. The number of fused-ring (bicyclic) bond motifs is 1. The molecular weight excluding hydrogens is 356 g/mol. The number of nitrogens with zero attached hydrogens (tertiary/aromatic N) is 6. The molecule has 4 aromatic rings. The molecular formula is C17H13ClN6O2. The maximum Gasteiger partial charge on any atom is 0.258 e. The summed E-state index contributed by atoms with van der Waals surface area (Å²) >= 11 is 5.91. The minimum atomic E-state index is -0.222. The Labute approximate surface area is 152 Å². The number of benzene rings is 1. The van der Waals surface area contributed by atoms with Crippen molar-refractivity contribution < 1.29 is 4.74 Å². The van der Waals surface area contributed by atoms with Gasteiger partial charge in [0.15, 0.2) is 0 Å². The molecule has 8 nitrogen and oxygen atoms in total. The topological polar surface area (TPSA) is 87.2 Å². The van der Waals surface area contributed by atoms with Gasteiger partial charge < -0.3 is 4.74 Å². The Morgan fingerprint density at radius 1 is 1.19 bits per heavy atom. The Bertz CT molecular complexity index is 1150. The molecule has 4 rings (SSSR count). The van der Waals surface area contributed by atoms with Gasteiger partial charge in [0.1, 0.15) is 17.9 Å². The van der Waals surface area contributed by atoms with Crippen molar-refractivity contribution in [3.05, 3.63) is 69.7 Å². The first-order valence-corrected chi connectivity index (χ1v) is 8.10. The van der Waals surface area contributed by atoms with Crippen LogP contribution in [0.1, 0.15) is 5.69 Å². The molecule has 0 bridgehead atoms. The summed E-state index contributed by atoms with van der Waals surface area (Å²) in [5, 5.41) is 12.9. The van der Waals surface area contributed by atoms with E-state index in [1.165, 1.54) is 21.5 Å². The van der Waals surface area contributed by atoms with Crippen LogP contribution in [0.2, 0.25) is 5.02 Å². The van der Waals surface area contributed by atoms with Gasteiger partial charge in [-0.2, -0.15) is 4.80 Å². The van der Waals surface area contributed by atoms with Gasteiger partial charge in [0.25, 0.3) is 5.56 Å². The average molecular weight is 369 g/mol. The van der Waals surface area contributed by atoms with Crippen LogP contribution >= 0.6 is 11.6 Å². The van der Waals surface area contributed by atoms with E-state index in [1.807, 2.05) is 24.3 Å². The SMILES string of the molecule is COc1cccc(-c2nnn(Cc3cc(=O)n4cc(Cl)ccc4n3)n2)c1. The summed E-state index contributed by atoms with van der Waals surface area (Å²) in [4.78, 5) is 18.1. The molecule has 3 heterocycles. The van der Waals surface area contributed by atoms with Crippen LogP contribution in [0.5, 0.6) is 5.75 Å². The number of hydrogen-bond acceptors (Lipinski definition) is 6. The number of methoxy groups -OCH3 is 1. The number of ether oxygens (including phenoxy) is 1. The Hall–Kier alpha value is -3.26. The van der Waals surface area contributed by atoms with E-state index in [2.05, 4.69) is 20.4 Å². The highest BCUT2D eigenvalue weighted by atomic mass is 35.5. The highest BCUT2D eigenvalue weighted by Crippen LogP contribution is 2.19. The zero-order valence-corrected chi connectivity index (χ0v) is 14.5. The first-order valence-electron chi connectivity index (χ1n) is 7.72. The molecule has 0 saturated heterocycles. The zero-order valence-electron chi connectivity index (χ0n) is 13.7. The molecule has 3 aromatic heterocycles. The first-order chi connectivity index (χ1) is 12.6. The van der Waals surface area contributed by atoms with Crippen LogP contribution in [0.25, 0.3) is 17.0 Å². The van der Waals surface area contributed by atoms with Gasteiger partial charge in [0.05, 0.1) is 17.8 Å². The standard InChI is InChI=1S/C17H13ClN6O2/c1-26-14-4-2-3-11(7-14)17-20-22-24(21-17)10-13-8-16(25)23-9-12(18)5-6-15(23)19-13/h2-9H,10H2,1H3. The molecule has 1 aromatic carbocycles. The minimum Gasteiger partial charge on any atom is -0.497 e. The molecule has 0 aliphatic carbocycles. The van der Waals surface area contributed by atoms with E-state index in [0.29, 0.717) is 27.9 Å². The highest BCUT2D eigenvalue weighted by molar-refractivity contribution is 6.30. The summed E-state index contributed by atoms with van der Waals surface area (Å²) in [5.74, 6) is 1.18. The van der Waals surface area contributed by atoms with Crippen molar-refractivity contribution in [3.8, 4) is 17.1 Å². The lowest BCUT2D eigenvalue weighted by Gasteiger charge is -2.03. The quantitative estimate of drug-likeness (QED) is 0.548. The molecule has 0 aliphatic heterocycles. The lowest BCUT2D eigenvalue weighted by molar-refractivity contribution is 0.415. The molecule has 26 heavy (non-hydrogen) atoms. The third kappa shape index (κ3) is 3.14. The highest BCUT2D eigenvalue weighted by Gasteiger charge is 2.09. The van der Waals surface area contributed by atoms with Crippen LogP contribution < -0.4 is 10.3 Å². The number of halogens is 1. The van der Waals surface area contributed by atoms with E-state index in [4.69, 9.17) is 16.3 Å². The van der Waals surface area contributed by atoms with Crippen molar-refractivity contribution >= 4 is 17.2 Å². The van der Waals surface area contributed by atoms with Gasteiger partial charge >= 0.3 is 0 Å². The monoisotopic (exact) mass is 368 g/mol. The Morgan fingerprint density at radius 3 is 2.92 bits per heavy atom. The van der Waals surface area contributed by atoms with E-state index in [1.54, 1.807) is 19.2 Å². The van der Waals surface area contributed by atoms with Gasteiger partial charge in [0, 0.05) is 17.8 Å². The fraction of sp³-hybridized carbons (Fsp3) is 0.118. The smallest absolute Gasteiger partial charge is 0.258 e. The fourth-order valence-corrected chi connectivity index (χ4v) is 2.70. The zero-order chi connectivity index (χ0) is 18.1. The number of rotatable bonds is 4. The predicted octanol–water partition coefficient (Wildman–Crippen LogP) is 2.06. The summed E-state index contributed by atoms with van der Waals surface area (Å²) in [6.45, 7) is 0.228. The van der Waals surface area contributed by atoms with Gasteiger partial charge in [-0.1, -0.05) is 23.7 Å². The second-order valence-corrected chi connectivity index (χ2v) is 5.97. The van der Waals surface area contributed by atoms with Crippen LogP contribution in [0, 0.1) is 0 Å². The molecule has 0 saturated carbocycles. The summed E-state index contributed by atoms with van der Waals surface area (Å²) < 4.78 is 6.59. The average Bonchev–Trinajstić information content (AvgIpc) is 3.11. The van der Waals surface area contributed by atoms with Crippen LogP contribution in [0.4, 0.5) is 0 Å². The summed E-state index contributed by atoms with van der Waals surface area (Å²) in [6.07, 6.45) is 1.53. The first kappa shape index (κ1) is 16.2. The van der Waals surface area contributed by atoms with E-state index < -0.39 is 0 Å². The van der Waals surface area contributed by atoms with Crippen molar-refractivity contribution in [2.75, 3.05) is 7.11 Å². The van der Waals surface area contributed by atoms with Crippen molar-refractivity contribution in [1.29, 1.82) is 0 Å². The number of hydrogen-bond donors (Lipinski definition) is 0. The third-order valence-corrected chi connectivity index (χ3v) is 3.98. The minimum absolute atomic E-state index is 0.222. The number of pyridine rings is 1. The largest absolute Gasteiger partial charge is 0.497 e. The molecule has 0 amide bonds. The maximum atomic E-state index is 12.2. The van der Waals surface area contributed by atoms with Crippen LogP contribution in [0.15, 0.2) is 53.5 Å². The Balaban J connectivity index is 1.64. The van der Waals surface area contributed by atoms with E-state index in [0.717, 1.165) is 5.56 Å². The third-order valence-electron chi connectivity index (χ3n) is 3.76. The summed E-state index contributed by atoms with van der Waals surface area (Å²) in [5.41, 5.74) is 1.61. The number of aromatic nitrogens is 6. The van der Waals surface area contributed by atoms with Gasteiger partial charge in [-0.25, -0.2) is 4.98 Å². The van der Waals surface area contributed by atoms with Crippen LogP contribution in [0.3, 0.4) is 0 Å². The second-order valence-electron chi connectivity index (χ2n) is 5.54. The molecule has 130 valence electrons. The van der Waals surface area contributed by atoms with Gasteiger partial charge in [-0.15, -0.1) is 10.2 Å². The molecule has 0 atom stereocenters. The van der Waals surface area contributed by atoms with Crippen molar-refractivity contribution in [1.82, 2.24) is 29.6 Å². The molecule has 0 radical (unpaired) electrons. The Morgan fingerprint density at radius 2 is 2.08 bits per heavy atom. The maximum absolute atomic E-state index is 12.2. The summed E-state index contributed by atoms with van der Waals surface area (Å²) in [7, 11) is 1.60. The van der Waals surface area contributed by atoms with Gasteiger partial charge in [-0.05, 0) is 29.5 Å². The molecule has 0 N–H and O–H groups in total. The second kappa shape index (κ2) is 6.57. The Kier molecular flexibility index (Phi) is 4.10. The molecule has 9 heteroatoms. The van der Waals surface area contributed by atoms with Crippen LogP contribution in [-0.2, 0) is 6.54 Å². The fourth-order valence-electron chi connectivity index (χ4n) is 2.54. The van der Waals surface area contributed by atoms with Crippen LogP contribution in [-0.4, -0.2) is 36.7 Å². The van der Waals surface area contributed by atoms with E-state index in [9.17, 15) is 4.79 Å². The normalized spacial score (nSPS) is 11.0. The molecule has 0 fully saturated rings. The molecule has 0 unspecified atom stereocenters. The summed E-state index contributed by atoms with van der Waals surface area (Å²) in [6, 6.07) is 12.2. The predicted molar refractivity (Wildman–Crippen MR) is 95.4 cm³/mol. The van der Waals surface area contributed by atoms with Crippen molar-refractivity contribution in [3.63, 3.8) is 0 Å². The van der Waals surface area contributed by atoms with Gasteiger partial charge in [0.2, 0.25) is 5.82 Å². The van der Waals surface area contributed by atoms with Crippen molar-refractivity contribution in [2.24, 2.45) is 0 Å². The lowest BCUT2D eigenvalue weighted by atomic mass is 10.2. The van der Waals surface area contributed by atoms with Gasteiger partial charge in [-0.3, -0.25) is 9.20 Å².